The van der Waals surface area contributed by atoms with Gasteiger partial charge in [0, 0.05) is 0 Å². The zero-order chi connectivity index (χ0) is 6.85. The first-order chi connectivity index (χ1) is 4.20. The van der Waals surface area contributed by atoms with Crippen LogP contribution in [0.2, 0.25) is 0 Å². The molecule has 0 unspecified atom stereocenters. The van der Waals surface area contributed by atoms with Gasteiger partial charge in [0.1, 0.15) is 0 Å². The summed E-state index contributed by atoms with van der Waals surface area (Å²) >= 11 is -1.00. The number of halogens is 1. The topological polar surface area (TPSA) is 38.9 Å². The number of aromatic nitrogens is 2. The molecule has 0 saturated heterocycles. The summed E-state index contributed by atoms with van der Waals surface area (Å²) in [4.78, 5) is 8.46. The molecule has 0 aliphatic heterocycles. The van der Waals surface area contributed by atoms with Crippen LogP contribution in [0.1, 0.15) is 5.82 Å². The average molecular weight is 240 g/mol. The second kappa shape index (κ2) is 2.64. The zero-order valence-corrected chi connectivity index (χ0v) is 7.84. The second-order valence-corrected chi connectivity index (χ2v) is 7.09. The number of nitrogens with zero attached hydrogens (tertiary/aromatic N) is 2. The molecule has 0 aromatic carbocycles. The van der Waals surface area contributed by atoms with Crippen LogP contribution in [0, 0.1) is 10.8 Å². The molecule has 4 heteroatoms. The molecule has 1 heterocycles. The Morgan fingerprint density at radius 3 is 2.33 bits per heavy atom. The minimum atomic E-state index is -1.00. The molecule has 0 bridgehead atoms. The molecular formula is C5H9IN2O. The van der Waals surface area contributed by atoms with Crippen LogP contribution in [0.15, 0.2) is 4.52 Å². The molecule has 0 radical (unpaired) electrons. The van der Waals surface area contributed by atoms with E-state index in [-0.39, 0.29) is 0 Å². The van der Waals surface area contributed by atoms with Gasteiger partial charge in [-0.25, -0.2) is 0 Å². The summed E-state index contributed by atoms with van der Waals surface area (Å²) in [6.07, 6.45) is 0. The number of aryl methyl sites for hydroxylation is 1. The molecule has 0 saturated carbocycles. The van der Waals surface area contributed by atoms with E-state index >= 15 is 0 Å². The van der Waals surface area contributed by atoms with E-state index in [0.29, 0.717) is 0 Å². The third kappa shape index (κ3) is 1.64. The normalized spacial score (nSPS) is 11.7. The molecule has 1 aromatic heterocycles. The van der Waals surface area contributed by atoms with Crippen LogP contribution >= 0.6 is 19.8 Å². The van der Waals surface area contributed by atoms with Gasteiger partial charge in [-0.05, 0) is 0 Å². The molecule has 1 aromatic rings. The second-order valence-electron chi connectivity index (χ2n) is 1.85. The summed E-state index contributed by atoms with van der Waals surface area (Å²) in [7, 11) is 0. The molecule has 0 aliphatic rings. The monoisotopic (exact) mass is 240 g/mol. The Kier molecular flexibility index (Phi) is 2.05. The van der Waals surface area contributed by atoms with Crippen molar-refractivity contribution in [1.82, 2.24) is 10.1 Å². The van der Waals surface area contributed by atoms with E-state index in [1.807, 2.05) is 6.92 Å². The van der Waals surface area contributed by atoms with E-state index in [1.165, 1.54) is 0 Å². The maximum atomic E-state index is 4.93. The van der Waals surface area contributed by atoms with Crippen LogP contribution in [0.3, 0.4) is 0 Å². The van der Waals surface area contributed by atoms with Gasteiger partial charge in [0.05, 0.1) is 0 Å². The van der Waals surface area contributed by atoms with E-state index in [0.717, 1.165) is 9.72 Å². The van der Waals surface area contributed by atoms with Crippen LogP contribution in [0.5, 0.6) is 0 Å². The molecule has 0 N–H and O–H groups in total. The number of rotatable bonds is 1. The first-order valence-electron chi connectivity index (χ1n) is 2.50. The van der Waals surface area contributed by atoms with E-state index in [2.05, 4.69) is 20.0 Å². The fourth-order valence-corrected chi connectivity index (χ4v) is 1.75. The van der Waals surface area contributed by atoms with Gasteiger partial charge in [-0.15, -0.1) is 0 Å². The molecule has 0 amide bonds. The molecule has 0 fully saturated rings. The van der Waals surface area contributed by atoms with E-state index in [4.69, 9.17) is 4.52 Å². The standard InChI is InChI=1S/C5H9IN2O/c1-4-7-5(6(2)3)9-8-4/h1-3H3. The fraction of sp³-hybridized carbons (Fsp3) is 0.600. The van der Waals surface area contributed by atoms with Crippen molar-refractivity contribution in [2.24, 2.45) is 0 Å². The Morgan fingerprint density at radius 1 is 1.44 bits per heavy atom. The zero-order valence-electron chi connectivity index (χ0n) is 5.68. The number of hydrogen-bond acceptors (Lipinski definition) is 3. The van der Waals surface area contributed by atoms with Crippen molar-refractivity contribution in [3.8, 4) is 0 Å². The predicted octanol–water partition coefficient (Wildman–Crippen LogP) is 1.31. The molecular weight excluding hydrogens is 231 g/mol. The summed E-state index contributed by atoms with van der Waals surface area (Å²) in [6.45, 7) is 1.84. The fourth-order valence-electron chi connectivity index (χ4n) is 0.425. The third-order valence-corrected chi connectivity index (χ3v) is 3.11. The minimum absolute atomic E-state index is 0.746. The summed E-state index contributed by atoms with van der Waals surface area (Å²) in [5.41, 5.74) is 0. The van der Waals surface area contributed by atoms with Gasteiger partial charge in [0.15, 0.2) is 0 Å². The number of hydrogen-bond donors (Lipinski definition) is 0. The van der Waals surface area contributed by atoms with Gasteiger partial charge >= 0.3 is 61.0 Å². The predicted molar refractivity (Wildman–Crippen MR) is 43.6 cm³/mol. The Balaban J connectivity index is 2.85. The van der Waals surface area contributed by atoms with E-state index in [1.54, 1.807) is 0 Å². The Morgan fingerprint density at radius 2 is 2.11 bits per heavy atom. The molecule has 1 rings (SSSR count). The van der Waals surface area contributed by atoms with Crippen molar-refractivity contribution < 1.29 is 4.52 Å². The third-order valence-electron chi connectivity index (χ3n) is 0.826. The van der Waals surface area contributed by atoms with Gasteiger partial charge in [-0.2, -0.15) is 0 Å². The summed E-state index contributed by atoms with van der Waals surface area (Å²) in [5.74, 6) is 0.746. The number of alkyl halides is 2. The van der Waals surface area contributed by atoms with Crippen LogP contribution in [0.4, 0.5) is 0 Å². The van der Waals surface area contributed by atoms with Crippen LogP contribution in [-0.4, -0.2) is 20.0 Å². The van der Waals surface area contributed by atoms with Crippen molar-refractivity contribution in [3.63, 3.8) is 0 Å². The van der Waals surface area contributed by atoms with Gasteiger partial charge in [0.25, 0.3) is 0 Å². The first kappa shape index (κ1) is 6.98. The van der Waals surface area contributed by atoms with Crippen LogP contribution in [-0.2, 0) is 0 Å². The van der Waals surface area contributed by atoms with Crippen LogP contribution in [0.25, 0.3) is 0 Å². The molecule has 9 heavy (non-hydrogen) atoms. The van der Waals surface area contributed by atoms with Gasteiger partial charge in [0.2, 0.25) is 0 Å². The molecule has 0 atom stereocenters. The Labute approximate surface area is 61.2 Å². The van der Waals surface area contributed by atoms with Crippen molar-refractivity contribution in [2.45, 2.75) is 6.92 Å². The van der Waals surface area contributed by atoms with Crippen LogP contribution < -0.4 is 0 Å². The molecule has 3 nitrogen and oxygen atoms in total. The summed E-state index contributed by atoms with van der Waals surface area (Å²) in [6, 6.07) is 0. The van der Waals surface area contributed by atoms with Gasteiger partial charge in [-0.1, -0.05) is 0 Å². The summed E-state index contributed by atoms with van der Waals surface area (Å²) in [5, 5.41) is 3.69. The molecule has 52 valence electrons. The van der Waals surface area contributed by atoms with E-state index in [9.17, 15) is 0 Å². The van der Waals surface area contributed by atoms with Gasteiger partial charge < -0.3 is 0 Å². The average Bonchev–Trinajstić information content (AvgIpc) is 2.14. The van der Waals surface area contributed by atoms with Crippen molar-refractivity contribution in [2.75, 3.05) is 9.86 Å². The maximum absolute atomic E-state index is 4.93. The molecule has 0 spiro atoms. The van der Waals surface area contributed by atoms with Crippen molar-refractivity contribution >= 4 is 19.8 Å². The quantitative estimate of drug-likeness (QED) is 0.548. The first-order valence-corrected chi connectivity index (χ1v) is 7.90. The van der Waals surface area contributed by atoms with Crippen molar-refractivity contribution in [1.29, 1.82) is 0 Å². The Bertz CT molecular complexity index is 197. The molecule has 0 aliphatic carbocycles. The van der Waals surface area contributed by atoms with Crippen molar-refractivity contribution in [3.05, 3.63) is 9.72 Å². The van der Waals surface area contributed by atoms with E-state index < -0.39 is 19.8 Å². The SMILES string of the molecule is Cc1noc(I(C)C)n1. The Hall–Kier alpha value is -0.130. The van der Waals surface area contributed by atoms with Gasteiger partial charge in [-0.3, -0.25) is 0 Å². The summed E-state index contributed by atoms with van der Waals surface area (Å²) < 4.78 is 5.81.